The Morgan fingerprint density at radius 1 is 0.904 bits per heavy atom. The molecule has 306 valence electrons. The summed E-state index contributed by atoms with van der Waals surface area (Å²) in [4.78, 5) is 2.50. The van der Waals surface area contributed by atoms with Crippen LogP contribution in [-0.4, -0.2) is 102 Å². The number of ether oxygens (including phenoxy) is 4. The van der Waals surface area contributed by atoms with E-state index in [2.05, 4.69) is 32.6 Å². The van der Waals surface area contributed by atoms with Crippen molar-refractivity contribution in [2.75, 3.05) is 39.5 Å². The van der Waals surface area contributed by atoms with E-state index < -0.39 is 17.8 Å². The van der Waals surface area contributed by atoms with Crippen molar-refractivity contribution < 1.29 is 34.3 Å². The van der Waals surface area contributed by atoms with Gasteiger partial charge in [0.1, 0.15) is 0 Å². The third-order valence-corrected chi connectivity index (χ3v) is 15.8. The maximum atomic E-state index is 11.9. The van der Waals surface area contributed by atoms with Gasteiger partial charge in [-0.1, -0.05) is 75.7 Å². The minimum Gasteiger partial charge on any atom is -0.390 e. The Bertz CT molecular complexity index is 1110. The molecule has 2 spiro atoms. The summed E-state index contributed by atoms with van der Waals surface area (Å²) >= 11 is 0. The van der Waals surface area contributed by atoms with Gasteiger partial charge in [-0.2, -0.15) is 0 Å². The average Bonchev–Trinajstić information content (AvgIpc) is 3.57. The minimum atomic E-state index is -0.893. The SMILES string of the molecule is CC.CC.CC.CCO[C@@H](CCC[C@H]1[C@H](O)[C@H](O)C2[C@@H]3CCC4C(C)(C)[C@@H](OC5CN(C6COC6)CCO5)CCC45[C@@H](C)[C@@]35CC[C@@]21C)C(C)(C)O. The maximum Gasteiger partial charge on any atom is 0.170 e. The van der Waals surface area contributed by atoms with Crippen LogP contribution in [0.4, 0.5) is 0 Å². The minimum absolute atomic E-state index is 0.0564. The Kier molecular flexibility index (Phi) is 14.9. The third-order valence-electron chi connectivity index (χ3n) is 15.8. The summed E-state index contributed by atoms with van der Waals surface area (Å²) in [6.07, 6.45) is 7.91. The fourth-order valence-electron chi connectivity index (χ4n) is 13.6. The van der Waals surface area contributed by atoms with Crippen molar-refractivity contribution in [3.05, 3.63) is 0 Å². The summed E-state index contributed by atoms with van der Waals surface area (Å²) in [5, 5.41) is 34.2. The van der Waals surface area contributed by atoms with Crippen molar-refractivity contribution in [3.8, 4) is 0 Å². The van der Waals surface area contributed by atoms with Crippen LogP contribution in [0.1, 0.15) is 148 Å². The lowest BCUT2D eigenvalue weighted by atomic mass is 9.46. The molecule has 7 rings (SSSR count). The molecule has 5 saturated carbocycles. The fraction of sp³-hybridized carbons (Fsp3) is 1.00. The average molecular weight is 738 g/mol. The van der Waals surface area contributed by atoms with Gasteiger partial charge in [-0.25, -0.2) is 0 Å². The van der Waals surface area contributed by atoms with E-state index in [9.17, 15) is 15.3 Å². The molecule has 0 aromatic heterocycles. The molecule has 5 aliphatic carbocycles. The zero-order chi connectivity index (χ0) is 38.9. The molecular weight excluding hydrogens is 654 g/mol. The van der Waals surface area contributed by atoms with Gasteiger partial charge >= 0.3 is 0 Å². The van der Waals surface area contributed by atoms with Gasteiger partial charge in [-0.15, -0.1) is 0 Å². The van der Waals surface area contributed by atoms with Gasteiger partial charge < -0.3 is 34.3 Å². The van der Waals surface area contributed by atoms with Crippen molar-refractivity contribution in [2.24, 2.45) is 51.2 Å². The molecule has 2 heterocycles. The van der Waals surface area contributed by atoms with Crippen LogP contribution >= 0.6 is 0 Å². The van der Waals surface area contributed by atoms with E-state index in [1.807, 2.05) is 62.3 Å². The summed E-state index contributed by atoms with van der Waals surface area (Å²) in [5.41, 5.74) is -0.326. The van der Waals surface area contributed by atoms with E-state index in [1.165, 1.54) is 19.3 Å². The maximum absolute atomic E-state index is 11.9. The van der Waals surface area contributed by atoms with Crippen molar-refractivity contribution in [1.29, 1.82) is 0 Å². The number of fused-ring (bicyclic) bond motifs is 2. The molecule has 0 amide bonds. The molecule has 4 unspecified atom stereocenters. The zero-order valence-electron chi connectivity index (χ0n) is 35.9. The number of nitrogens with zero attached hydrogens (tertiary/aromatic N) is 1. The molecule has 0 aromatic carbocycles. The molecule has 0 aromatic rings. The molecule has 3 N–H and O–H groups in total. The van der Waals surface area contributed by atoms with Crippen LogP contribution in [0.3, 0.4) is 0 Å². The van der Waals surface area contributed by atoms with E-state index in [1.54, 1.807) is 0 Å². The molecule has 52 heavy (non-hydrogen) atoms. The topological polar surface area (TPSA) is 101 Å². The lowest BCUT2D eigenvalue weighted by Crippen LogP contribution is -2.58. The molecule has 13 atom stereocenters. The van der Waals surface area contributed by atoms with E-state index >= 15 is 0 Å². The van der Waals surface area contributed by atoms with Gasteiger partial charge in [0.25, 0.3) is 0 Å². The van der Waals surface area contributed by atoms with Crippen LogP contribution in [0.2, 0.25) is 0 Å². The van der Waals surface area contributed by atoms with Crippen molar-refractivity contribution in [3.63, 3.8) is 0 Å². The largest absolute Gasteiger partial charge is 0.390 e. The van der Waals surface area contributed by atoms with Crippen LogP contribution in [-0.2, 0) is 18.9 Å². The van der Waals surface area contributed by atoms with Crippen molar-refractivity contribution in [2.45, 2.75) is 190 Å². The first-order chi connectivity index (χ1) is 24.7. The lowest BCUT2D eigenvalue weighted by molar-refractivity contribution is -0.254. The van der Waals surface area contributed by atoms with Crippen molar-refractivity contribution in [1.82, 2.24) is 4.90 Å². The van der Waals surface area contributed by atoms with Crippen LogP contribution in [0.5, 0.6) is 0 Å². The van der Waals surface area contributed by atoms with Crippen molar-refractivity contribution >= 4 is 0 Å². The Morgan fingerprint density at radius 3 is 2.17 bits per heavy atom. The number of hydrogen-bond donors (Lipinski definition) is 3. The van der Waals surface area contributed by atoms with E-state index in [4.69, 9.17) is 18.9 Å². The molecule has 7 aliphatic rings. The highest BCUT2D eigenvalue weighted by Crippen LogP contribution is 2.89. The second-order valence-corrected chi connectivity index (χ2v) is 18.2. The summed E-state index contributed by atoms with van der Waals surface area (Å²) in [7, 11) is 0. The van der Waals surface area contributed by atoms with Gasteiger partial charge in [0.05, 0.1) is 62.4 Å². The summed E-state index contributed by atoms with van der Waals surface area (Å²) in [6.45, 7) is 32.3. The quantitative estimate of drug-likeness (QED) is 0.207. The standard InChI is InChI=1S/C38H65NO7.3C2H6/c1-8-44-29(35(5,6)42)11-9-10-26-32(40)33(41)31-25-12-13-27-34(3,4)28(46-30-20-39(18-19-45-30)24-21-43-22-24)14-15-38(27)23(2)37(25,38)17-16-36(26,31)7;3*1-2/h23-33,40-42H,8-22H2,1-7H3;3*1-2H3/t23-,25-,26-,27?,28-,29-,30?,31?,32-,33+,36+,37-,38?;;;/m0.../s1. The van der Waals surface area contributed by atoms with E-state index in [0.29, 0.717) is 35.8 Å². The molecule has 0 bridgehead atoms. The Balaban J connectivity index is 0.000000960. The number of aliphatic hydroxyl groups excluding tert-OH is 2. The van der Waals surface area contributed by atoms with Gasteiger partial charge in [-0.3, -0.25) is 4.90 Å². The smallest absolute Gasteiger partial charge is 0.170 e. The zero-order valence-corrected chi connectivity index (χ0v) is 35.9. The van der Waals surface area contributed by atoms with Gasteiger partial charge in [0.15, 0.2) is 6.29 Å². The first-order valence-electron chi connectivity index (χ1n) is 22.0. The molecule has 7 fully saturated rings. The predicted molar refractivity (Wildman–Crippen MR) is 210 cm³/mol. The number of rotatable bonds is 10. The predicted octanol–water partition coefficient (Wildman–Crippen LogP) is 8.09. The third kappa shape index (κ3) is 7.22. The van der Waals surface area contributed by atoms with Crippen LogP contribution < -0.4 is 0 Å². The molecular formula is C44H83NO7. The Hall–Kier alpha value is -0.320. The highest BCUT2D eigenvalue weighted by atomic mass is 16.7. The summed E-state index contributed by atoms with van der Waals surface area (Å²) in [6, 6.07) is 0.515. The van der Waals surface area contributed by atoms with Crippen LogP contribution in [0.25, 0.3) is 0 Å². The molecule has 0 radical (unpaired) electrons. The Morgan fingerprint density at radius 2 is 1.58 bits per heavy atom. The number of aliphatic hydroxyl groups is 3. The van der Waals surface area contributed by atoms with E-state index in [0.717, 1.165) is 71.4 Å². The molecule has 2 aliphatic heterocycles. The normalized spacial score (nSPS) is 44.0. The molecule has 2 saturated heterocycles. The second-order valence-electron chi connectivity index (χ2n) is 18.2. The molecule has 8 nitrogen and oxygen atoms in total. The van der Waals surface area contributed by atoms with Gasteiger partial charge in [0, 0.05) is 13.2 Å². The highest BCUT2D eigenvalue weighted by Gasteiger charge is 2.85. The molecule has 8 heteroatoms. The summed E-state index contributed by atoms with van der Waals surface area (Å²) < 4.78 is 24.5. The van der Waals surface area contributed by atoms with Crippen LogP contribution in [0.15, 0.2) is 0 Å². The highest BCUT2D eigenvalue weighted by molar-refractivity contribution is 5.33. The number of hydrogen-bond acceptors (Lipinski definition) is 8. The number of morpholine rings is 1. The monoisotopic (exact) mass is 738 g/mol. The van der Waals surface area contributed by atoms with Gasteiger partial charge in [-0.05, 0) is 123 Å². The summed E-state index contributed by atoms with van der Waals surface area (Å²) in [5.74, 6) is 1.94. The van der Waals surface area contributed by atoms with Crippen LogP contribution in [0, 0.1) is 51.2 Å². The fourth-order valence-corrected chi connectivity index (χ4v) is 13.6. The first kappa shape index (κ1) is 44.4. The lowest BCUT2D eigenvalue weighted by Gasteiger charge is -2.60. The Labute approximate surface area is 319 Å². The second kappa shape index (κ2) is 17.4. The first-order valence-corrected chi connectivity index (χ1v) is 22.0. The van der Waals surface area contributed by atoms with E-state index in [-0.39, 0.29) is 46.6 Å². The van der Waals surface area contributed by atoms with Gasteiger partial charge in [0.2, 0.25) is 0 Å².